The minimum atomic E-state index is -0.114. The number of halogens is 1. The zero-order valence-corrected chi connectivity index (χ0v) is 12.6. The standard InChI is InChI=1S/C12H12ClN3OS2/c1-18-12-15-10(16-19-12)6-7-14-11(17)8-2-4-9(13)5-3-8/h2-5H,6-7H2,1H3,(H,14,17). The van der Waals surface area contributed by atoms with E-state index in [2.05, 4.69) is 14.7 Å². The second kappa shape index (κ2) is 6.88. The Hall–Kier alpha value is -1.11. The molecule has 1 N–H and O–H groups in total. The number of carbonyl (C=O) groups excluding carboxylic acids is 1. The Morgan fingerprint density at radius 1 is 1.42 bits per heavy atom. The van der Waals surface area contributed by atoms with Gasteiger partial charge in [-0.1, -0.05) is 23.4 Å². The molecule has 1 heterocycles. The van der Waals surface area contributed by atoms with Gasteiger partial charge in [0.05, 0.1) is 0 Å². The molecule has 1 aromatic heterocycles. The lowest BCUT2D eigenvalue weighted by atomic mass is 10.2. The molecule has 0 fully saturated rings. The van der Waals surface area contributed by atoms with Crippen LogP contribution in [0, 0.1) is 0 Å². The highest BCUT2D eigenvalue weighted by Crippen LogP contribution is 2.16. The van der Waals surface area contributed by atoms with Gasteiger partial charge in [0.2, 0.25) is 0 Å². The Morgan fingerprint density at radius 2 is 2.16 bits per heavy atom. The minimum absolute atomic E-state index is 0.114. The molecule has 0 aliphatic rings. The van der Waals surface area contributed by atoms with Crippen LogP contribution in [0.15, 0.2) is 28.6 Å². The van der Waals surface area contributed by atoms with Gasteiger partial charge in [0.25, 0.3) is 5.91 Å². The molecular weight excluding hydrogens is 302 g/mol. The number of nitrogens with one attached hydrogen (secondary N) is 1. The van der Waals surface area contributed by atoms with Crippen LogP contribution in [0.4, 0.5) is 0 Å². The van der Waals surface area contributed by atoms with Crippen LogP contribution in [0.5, 0.6) is 0 Å². The van der Waals surface area contributed by atoms with Gasteiger partial charge in [-0.3, -0.25) is 4.79 Å². The van der Waals surface area contributed by atoms with Crippen LogP contribution < -0.4 is 5.32 Å². The number of benzene rings is 1. The lowest BCUT2D eigenvalue weighted by molar-refractivity contribution is 0.0954. The van der Waals surface area contributed by atoms with E-state index in [0.29, 0.717) is 23.6 Å². The number of thioether (sulfide) groups is 1. The van der Waals surface area contributed by atoms with Gasteiger partial charge in [0, 0.05) is 23.6 Å². The molecule has 0 radical (unpaired) electrons. The quantitative estimate of drug-likeness (QED) is 0.862. The zero-order chi connectivity index (χ0) is 13.7. The largest absolute Gasteiger partial charge is 0.352 e. The van der Waals surface area contributed by atoms with Gasteiger partial charge in [0.1, 0.15) is 5.82 Å². The van der Waals surface area contributed by atoms with E-state index in [0.717, 1.165) is 10.2 Å². The van der Waals surface area contributed by atoms with Crippen LogP contribution in [-0.4, -0.2) is 28.1 Å². The van der Waals surface area contributed by atoms with Gasteiger partial charge in [0.15, 0.2) is 4.34 Å². The van der Waals surface area contributed by atoms with Crippen LogP contribution in [0.2, 0.25) is 5.02 Å². The summed E-state index contributed by atoms with van der Waals surface area (Å²) in [6.45, 7) is 0.520. The Labute approximate surface area is 124 Å². The first-order chi connectivity index (χ1) is 9.19. The molecule has 0 bridgehead atoms. The van der Waals surface area contributed by atoms with Crippen LogP contribution in [-0.2, 0) is 6.42 Å². The minimum Gasteiger partial charge on any atom is -0.352 e. The van der Waals surface area contributed by atoms with E-state index < -0.39 is 0 Å². The maximum atomic E-state index is 11.8. The third-order valence-electron chi connectivity index (χ3n) is 2.36. The van der Waals surface area contributed by atoms with Crippen molar-refractivity contribution in [3.8, 4) is 0 Å². The fourth-order valence-electron chi connectivity index (χ4n) is 1.41. The molecule has 1 aromatic carbocycles. The molecule has 0 aliphatic carbocycles. The predicted molar refractivity (Wildman–Crippen MR) is 79.2 cm³/mol. The lowest BCUT2D eigenvalue weighted by Crippen LogP contribution is -2.25. The van der Waals surface area contributed by atoms with Crippen LogP contribution in [0.25, 0.3) is 0 Å². The summed E-state index contributed by atoms with van der Waals surface area (Å²) in [5.74, 6) is 0.655. The van der Waals surface area contributed by atoms with E-state index in [1.54, 1.807) is 36.0 Å². The molecule has 0 saturated heterocycles. The predicted octanol–water partition coefficient (Wildman–Crippen LogP) is 2.89. The average Bonchev–Trinajstić information content (AvgIpc) is 2.87. The average molecular weight is 314 g/mol. The number of amides is 1. The normalized spacial score (nSPS) is 10.4. The van der Waals surface area contributed by atoms with E-state index in [1.807, 2.05) is 6.26 Å². The van der Waals surface area contributed by atoms with Crippen molar-refractivity contribution in [3.63, 3.8) is 0 Å². The number of nitrogens with zero attached hydrogens (tertiary/aromatic N) is 2. The van der Waals surface area contributed by atoms with Crippen molar-refractivity contribution < 1.29 is 4.79 Å². The summed E-state index contributed by atoms with van der Waals surface area (Å²) in [6.07, 6.45) is 2.60. The highest BCUT2D eigenvalue weighted by molar-refractivity contribution is 8.00. The summed E-state index contributed by atoms with van der Waals surface area (Å²) in [5.41, 5.74) is 0.598. The highest BCUT2D eigenvalue weighted by atomic mass is 35.5. The van der Waals surface area contributed by atoms with E-state index in [1.165, 1.54) is 11.5 Å². The van der Waals surface area contributed by atoms with Crippen molar-refractivity contribution in [2.24, 2.45) is 0 Å². The second-order valence-corrected chi connectivity index (χ2v) is 5.94. The van der Waals surface area contributed by atoms with Crippen molar-refractivity contribution >= 4 is 40.8 Å². The van der Waals surface area contributed by atoms with Crippen LogP contribution in [0.1, 0.15) is 16.2 Å². The fourth-order valence-corrected chi connectivity index (χ4v) is 2.61. The number of rotatable bonds is 5. The molecule has 7 heteroatoms. The van der Waals surface area contributed by atoms with E-state index >= 15 is 0 Å². The molecule has 4 nitrogen and oxygen atoms in total. The molecule has 2 aromatic rings. The number of carbonyl (C=O) groups is 1. The van der Waals surface area contributed by atoms with Gasteiger partial charge in [-0.25, -0.2) is 4.98 Å². The first-order valence-corrected chi connectivity index (χ1v) is 7.97. The summed E-state index contributed by atoms with van der Waals surface area (Å²) >= 11 is 8.72. The number of hydrogen-bond donors (Lipinski definition) is 1. The van der Waals surface area contributed by atoms with Crippen molar-refractivity contribution in [1.82, 2.24) is 14.7 Å². The third-order valence-corrected chi connectivity index (χ3v) is 4.33. The summed E-state index contributed by atoms with van der Waals surface area (Å²) in [6, 6.07) is 6.79. The van der Waals surface area contributed by atoms with Gasteiger partial charge in [-0.05, 0) is 42.1 Å². The first kappa shape index (κ1) is 14.3. The third kappa shape index (κ3) is 4.19. The SMILES string of the molecule is CSc1nc(CCNC(=O)c2ccc(Cl)cc2)ns1. The summed E-state index contributed by atoms with van der Waals surface area (Å²) in [4.78, 5) is 16.1. The van der Waals surface area contributed by atoms with Crippen LogP contribution in [0.3, 0.4) is 0 Å². The molecular formula is C12H12ClN3OS2. The molecule has 0 unspecified atom stereocenters. The molecule has 1 amide bonds. The van der Waals surface area contributed by atoms with Crippen molar-refractivity contribution in [1.29, 1.82) is 0 Å². The van der Waals surface area contributed by atoms with E-state index in [-0.39, 0.29) is 5.91 Å². The molecule has 0 spiro atoms. The number of aromatic nitrogens is 2. The monoisotopic (exact) mass is 313 g/mol. The van der Waals surface area contributed by atoms with Gasteiger partial charge < -0.3 is 5.32 Å². The highest BCUT2D eigenvalue weighted by Gasteiger charge is 2.06. The fraction of sp³-hybridized carbons (Fsp3) is 0.250. The van der Waals surface area contributed by atoms with E-state index in [4.69, 9.17) is 11.6 Å². The second-order valence-electron chi connectivity index (χ2n) is 3.69. The molecule has 0 saturated carbocycles. The Bertz CT molecular complexity index is 556. The maximum absolute atomic E-state index is 11.8. The summed E-state index contributed by atoms with van der Waals surface area (Å²) in [7, 11) is 0. The Balaban J connectivity index is 1.82. The molecule has 100 valence electrons. The molecule has 2 rings (SSSR count). The Morgan fingerprint density at radius 3 is 2.79 bits per heavy atom. The topological polar surface area (TPSA) is 54.9 Å². The molecule has 0 aliphatic heterocycles. The van der Waals surface area contributed by atoms with Crippen molar-refractivity contribution in [2.45, 2.75) is 10.8 Å². The number of hydrogen-bond acceptors (Lipinski definition) is 5. The van der Waals surface area contributed by atoms with Crippen LogP contribution >= 0.6 is 34.9 Å². The Kier molecular flexibility index (Phi) is 5.18. The lowest BCUT2D eigenvalue weighted by Gasteiger charge is -2.03. The van der Waals surface area contributed by atoms with E-state index in [9.17, 15) is 4.79 Å². The van der Waals surface area contributed by atoms with Crippen molar-refractivity contribution in [2.75, 3.05) is 12.8 Å². The zero-order valence-electron chi connectivity index (χ0n) is 10.2. The van der Waals surface area contributed by atoms with Crippen molar-refractivity contribution in [3.05, 3.63) is 40.7 Å². The molecule has 19 heavy (non-hydrogen) atoms. The van der Waals surface area contributed by atoms with Gasteiger partial charge in [-0.15, -0.1) is 0 Å². The smallest absolute Gasteiger partial charge is 0.251 e. The summed E-state index contributed by atoms with van der Waals surface area (Å²) < 4.78 is 5.15. The van der Waals surface area contributed by atoms with Gasteiger partial charge in [-0.2, -0.15) is 4.37 Å². The molecule has 0 atom stereocenters. The first-order valence-electron chi connectivity index (χ1n) is 5.59. The summed E-state index contributed by atoms with van der Waals surface area (Å²) in [5, 5.41) is 3.45. The van der Waals surface area contributed by atoms with Gasteiger partial charge >= 0.3 is 0 Å². The maximum Gasteiger partial charge on any atom is 0.251 e.